The number of nitrogens with one attached hydrogen (secondary N) is 1. The summed E-state index contributed by atoms with van der Waals surface area (Å²) in [6.07, 6.45) is 0.317. The molecule has 0 spiro atoms. The number of carbonyl (C=O) groups excluding carboxylic acids is 1. The average Bonchev–Trinajstić information content (AvgIpc) is 2.68. The Balaban J connectivity index is 2.17. The van der Waals surface area contributed by atoms with E-state index in [1.54, 1.807) is 14.2 Å². The topological polar surface area (TPSA) is 56.8 Å². The second-order valence-electron chi connectivity index (χ2n) is 4.63. The number of rotatable bonds is 4. The zero-order valence-electron chi connectivity index (χ0n) is 10.8. The van der Waals surface area contributed by atoms with Crippen molar-refractivity contribution in [1.82, 2.24) is 5.32 Å². The van der Waals surface area contributed by atoms with Crippen molar-refractivity contribution in [1.29, 1.82) is 0 Å². The van der Waals surface area contributed by atoms with Crippen molar-refractivity contribution >= 4 is 6.09 Å². The van der Waals surface area contributed by atoms with Crippen LogP contribution in [0.5, 0.6) is 11.5 Å². The molecule has 0 aliphatic carbocycles. The third-order valence-corrected chi connectivity index (χ3v) is 2.97. The van der Waals surface area contributed by atoms with E-state index in [0.29, 0.717) is 24.5 Å². The number of ether oxygens (including phenoxy) is 3. The molecule has 98 valence electrons. The Hall–Kier alpha value is -1.91. The molecule has 18 heavy (non-hydrogen) atoms. The van der Waals surface area contributed by atoms with Gasteiger partial charge in [0.15, 0.2) is 11.5 Å². The van der Waals surface area contributed by atoms with Crippen LogP contribution >= 0.6 is 0 Å². The maximum atomic E-state index is 11.1. The predicted octanol–water partition coefficient (Wildman–Crippen LogP) is 1.74. The molecule has 0 aromatic heterocycles. The third kappa shape index (κ3) is 2.50. The standard InChI is InChI=1S/C13H17NO4/c1-13(8-18-12(15)14-13)7-9-4-5-10(16-2)11(6-9)17-3/h4-6H,7-8H2,1-3H3,(H,14,15). The minimum atomic E-state index is -0.364. The van der Waals surface area contributed by atoms with Gasteiger partial charge in [0, 0.05) is 0 Å². The van der Waals surface area contributed by atoms with Gasteiger partial charge in [-0.25, -0.2) is 4.79 Å². The lowest BCUT2D eigenvalue weighted by molar-refractivity contribution is 0.173. The highest BCUT2D eigenvalue weighted by Crippen LogP contribution is 2.29. The first-order valence-electron chi connectivity index (χ1n) is 5.72. The largest absolute Gasteiger partial charge is 0.493 e. The van der Waals surface area contributed by atoms with E-state index in [0.717, 1.165) is 5.56 Å². The van der Waals surface area contributed by atoms with E-state index < -0.39 is 0 Å². The lowest BCUT2D eigenvalue weighted by Gasteiger charge is -2.21. The molecule has 1 aliphatic heterocycles. The molecule has 1 atom stereocenters. The quantitative estimate of drug-likeness (QED) is 0.885. The van der Waals surface area contributed by atoms with Crippen LogP contribution in [-0.4, -0.2) is 32.5 Å². The maximum absolute atomic E-state index is 11.1. The van der Waals surface area contributed by atoms with Gasteiger partial charge in [-0.15, -0.1) is 0 Å². The van der Waals surface area contributed by atoms with Gasteiger partial charge in [-0.1, -0.05) is 6.07 Å². The maximum Gasteiger partial charge on any atom is 0.407 e. The van der Waals surface area contributed by atoms with Gasteiger partial charge in [-0.2, -0.15) is 0 Å². The fraction of sp³-hybridized carbons (Fsp3) is 0.462. The summed E-state index contributed by atoms with van der Waals surface area (Å²) in [7, 11) is 3.20. The number of hydrogen-bond donors (Lipinski definition) is 1. The zero-order chi connectivity index (χ0) is 13.2. The SMILES string of the molecule is COc1ccc(CC2(C)COC(=O)N2)cc1OC. The van der Waals surface area contributed by atoms with Crippen molar-refractivity contribution in [2.24, 2.45) is 0 Å². The van der Waals surface area contributed by atoms with Gasteiger partial charge >= 0.3 is 6.09 Å². The molecule has 1 saturated heterocycles. The highest BCUT2D eigenvalue weighted by Gasteiger charge is 2.35. The van der Waals surface area contributed by atoms with Gasteiger partial charge < -0.3 is 19.5 Å². The Morgan fingerprint density at radius 2 is 2.06 bits per heavy atom. The van der Waals surface area contributed by atoms with Gasteiger partial charge in [0.2, 0.25) is 0 Å². The molecular formula is C13H17NO4. The first kappa shape index (κ1) is 12.5. The van der Waals surface area contributed by atoms with Crippen LogP contribution in [0.1, 0.15) is 12.5 Å². The summed E-state index contributed by atoms with van der Waals surface area (Å²) in [6, 6.07) is 5.72. The molecule has 1 aliphatic rings. The number of benzene rings is 1. The van der Waals surface area contributed by atoms with Crippen LogP contribution in [-0.2, 0) is 11.2 Å². The minimum absolute atomic E-state index is 0.363. The number of amides is 1. The first-order chi connectivity index (χ1) is 8.56. The van der Waals surface area contributed by atoms with Crippen LogP contribution < -0.4 is 14.8 Å². The van der Waals surface area contributed by atoms with Crippen molar-refractivity contribution in [3.63, 3.8) is 0 Å². The van der Waals surface area contributed by atoms with Crippen molar-refractivity contribution < 1.29 is 19.0 Å². The zero-order valence-corrected chi connectivity index (χ0v) is 10.8. The number of methoxy groups -OCH3 is 2. The lowest BCUT2D eigenvalue weighted by atomic mass is 9.94. The van der Waals surface area contributed by atoms with Gasteiger partial charge in [0.05, 0.1) is 19.8 Å². The van der Waals surface area contributed by atoms with Crippen molar-refractivity contribution in [3.05, 3.63) is 23.8 Å². The number of cyclic esters (lactones) is 1. The number of carbonyl (C=O) groups is 1. The highest BCUT2D eigenvalue weighted by atomic mass is 16.6. The molecule has 1 aromatic rings. The predicted molar refractivity (Wildman–Crippen MR) is 66.1 cm³/mol. The second kappa shape index (κ2) is 4.76. The Morgan fingerprint density at radius 3 is 2.61 bits per heavy atom. The van der Waals surface area contributed by atoms with Gasteiger partial charge in [-0.05, 0) is 31.0 Å². The fourth-order valence-corrected chi connectivity index (χ4v) is 2.08. The van der Waals surface area contributed by atoms with E-state index in [1.165, 1.54) is 0 Å². The lowest BCUT2D eigenvalue weighted by Crippen LogP contribution is -2.42. The molecule has 1 aromatic carbocycles. The molecule has 0 radical (unpaired) electrons. The van der Waals surface area contributed by atoms with E-state index >= 15 is 0 Å². The average molecular weight is 251 g/mol. The first-order valence-corrected chi connectivity index (χ1v) is 5.72. The Morgan fingerprint density at radius 1 is 1.33 bits per heavy atom. The molecular weight excluding hydrogens is 234 g/mol. The van der Waals surface area contributed by atoms with Crippen LogP contribution in [0.3, 0.4) is 0 Å². The summed E-state index contributed by atoms with van der Waals surface area (Å²) in [5.41, 5.74) is 0.692. The van der Waals surface area contributed by atoms with Crippen molar-refractivity contribution in [3.8, 4) is 11.5 Å². The Kier molecular flexibility index (Phi) is 3.32. The molecule has 1 heterocycles. The van der Waals surface area contributed by atoms with Crippen LogP contribution in [0.15, 0.2) is 18.2 Å². The molecule has 5 heteroatoms. The van der Waals surface area contributed by atoms with Crippen LogP contribution in [0.4, 0.5) is 4.79 Å². The Bertz CT molecular complexity index is 460. The van der Waals surface area contributed by atoms with Gasteiger partial charge in [-0.3, -0.25) is 0 Å². The monoisotopic (exact) mass is 251 g/mol. The van der Waals surface area contributed by atoms with E-state index in [1.807, 2.05) is 25.1 Å². The van der Waals surface area contributed by atoms with E-state index in [9.17, 15) is 4.79 Å². The molecule has 2 rings (SSSR count). The smallest absolute Gasteiger partial charge is 0.407 e. The molecule has 5 nitrogen and oxygen atoms in total. The number of alkyl carbamates (subject to hydrolysis) is 1. The normalized spacial score (nSPS) is 22.3. The van der Waals surface area contributed by atoms with Crippen LogP contribution in [0.2, 0.25) is 0 Å². The molecule has 1 amide bonds. The summed E-state index contributed by atoms with van der Waals surface area (Å²) in [5.74, 6) is 1.38. The fourth-order valence-electron chi connectivity index (χ4n) is 2.08. The highest BCUT2D eigenvalue weighted by molar-refractivity contribution is 5.70. The number of hydrogen-bond acceptors (Lipinski definition) is 4. The molecule has 1 unspecified atom stereocenters. The summed E-state index contributed by atoms with van der Waals surface area (Å²) in [5, 5.41) is 2.81. The molecule has 0 saturated carbocycles. The summed E-state index contributed by atoms with van der Waals surface area (Å²) in [4.78, 5) is 11.1. The minimum Gasteiger partial charge on any atom is -0.493 e. The van der Waals surface area contributed by atoms with E-state index in [-0.39, 0.29) is 11.6 Å². The van der Waals surface area contributed by atoms with Crippen molar-refractivity contribution in [2.45, 2.75) is 18.9 Å². The summed E-state index contributed by atoms with van der Waals surface area (Å²) < 4.78 is 15.4. The second-order valence-corrected chi connectivity index (χ2v) is 4.63. The van der Waals surface area contributed by atoms with E-state index in [4.69, 9.17) is 14.2 Å². The molecule has 0 bridgehead atoms. The van der Waals surface area contributed by atoms with Crippen LogP contribution in [0, 0.1) is 0 Å². The molecule has 1 N–H and O–H groups in total. The van der Waals surface area contributed by atoms with Gasteiger partial charge in [0.1, 0.15) is 6.61 Å². The summed E-state index contributed by atoms with van der Waals surface area (Å²) >= 11 is 0. The summed E-state index contributed by atoms with van der Waals surface area (Å²) in [6.45, 7) is 2.33. The molecule has 1 fully saturated rings. The van der Waals surface area contributed by atoms with Crippen LogP contribution in [0.25, 0.3) is 0 Å². The van der Waals surface area contributed by atoms with Crippen molar-refractivity contribution in [2.75, 3.05) is 20.8 Å². The van der Waals surface area contributed by atoms with E-state index in [2.05, 4.69) is 5.32 Å². The third-order valence-electron chi connectivity index (χ3n) is 2.97. The van der Waals surface area contributed by atoms with Gasteiger partial charge in [0.25, 0.3) is 0 Å². The Labute approximate surface area is 106 Å².